The van der Waals surface area contributed by atoms with Gasteiger partial charge in [-0.3, -0.25) is 9.89 Å². The van der Waals surface area contributed by atoms with E-state index in [1.165, 1.54) is 23.5 Å². The Morgan fingerprint density at radius 3 is 2.55 bits per heavy atom. The molecule has 0 unspecified atom stereocenters. The summed E-state index contributed by atoms with van der Waals surface area (Å²) in [5.41, 5.74) is 2.34. The van der Waals surface area contributed by atoms with E-state index in [0.29, 0.717) is 5.92 Å². The van der Waals surface area contributed by atoms with E-state index in [4.69, 9.17) is 4.98 Å². The van der Waals surface area contributed by atoms with E-state index >= 15 is 0 Å². The molecule has 0 radical (unpaired) electrons. The molecular weight excluding hydrogens is 515 g/mol. The number of halogens is 1. The first kappa shape index (κ1) is 24.5. The zero-order valence-electron chi connectivity index (χ0n) is 17.8. The summed E-state index contributed by atoms with van der Waals surface area (Å²) in [4.78, 5) is 18.4. The zero-order valence-corrected chi connectivity index (χ0v) is 21.8. The fourth-order valence-corrected chi connectivity index (χ4v) is 4.92. The molecule has 2 aromatic heterocycles. The van der Waals surface area contributed by atoms with Crippen LogP contribution < -0.4 is 5.32 Å². The van der Waals surface area contributed by atoms with Crippen molar-refractivity contribution in [3.05, 3.63) is 32.2 Å². The molecule has 0 saturated carbocycles. The molecule has 2 aromatic rings. The summed E-state index contributed by atoms with van der Waals surface area (Å²) in [6, 6.07) is 0. The Bertz CT molecular complexity index is 767. The highest BCUT2D eigenvalue weighted by Crippen LogP contribution is 2.20. The van der Waals surface area contributed by atoms with Crippen LogP contribution in [0, 0.1) is 12.8 Å². The molecule has 3 rings (SSSR count). The smallest absolute Gasteiger partial charge is 0.193 e. The van der Waals surface area contributed by atoms with Crippen molar-refractivity contribution in [1.29, 1.82) is 0 Å². The van der Waals surface area contributed by atoms with Crippen molar-refractivity contribution in [2.75, 3.05) is 33.7 Å². The Balaban J connectivity index is 0.00000300. The lowest BCUT2D eigenvalue weighted by atomic mass is 9.97. The average Bonchev–Trinajstić information content (AvgIpc) is 3.32. The van der Waals surface area contributed by atoms with Crippen molar-refractivity contribution in [2.24, 2.45) is 10.9 Å². The molecule has 162 valence electrons. The average molecular weight is 549 g/mol. The first-order chi connectivity index (χ1) is 13.6. The molecule has 9 heteroatoms. The summed E-state index contributed by atoms with van der Waals surface area (Å²) in [6.45, 7) is 9.28. The van der Waals surface area contributed by atoms with Crippen LogP contribution in [0.3, 0.4) is 0 Å². The molecule has 0 aliphatic carbocycles. The van der Waals surface area contributed by atoms with Crippen LogP contribution in [0.4, 0.5) is 0 Å². The molecule has 29 heavy (non-hydrogen) atoms. The first-order valence-corrected chi connectivity index (χ1v) is 11.8. The number of rotatable bonds is 7. The van der Waals surface area contributed by atoms with Gasteiger partial charge in [0, 0.05) is 37.9 Å². The van der Waals surface area contributed by atoms with Crippen LogP contribution in [-0.2, 0) is 19.5 Å². The number of piperidine rings is 1. The summed E-state index contributed by atoms with van der Waals surface area (Å²) in [5.74, 6) is 1.65. The van der Waals surface area contributed by atoms with Crippen molar-refractivity contribution in [2.45, 2.75) is 46.2 Å². The van der Waals surface area contributed by atoms with E-state index < -0.39 is 0 Å². The van der Waals surface area contributed by atoms with E-state index in [1.54, 1.807) is 22.7 Å². The molecule has 1 fully saturated rings. The van der Waals surface area contributed by atoms with Crippen molar-refractivity contribution in [1.82, 2.24) is 25.1 Å². The molecule has 0 aromatic carbocycles. The molecular formula is C20H33IN6S2. The number of aryl methyl sites for hydroxylation is 2. The number of aromatic nitrogens is 2. The van der Waals surface area contributed by atoms with E-state index in [9.17, 15) is 0 Å². The second kappa shape index (κ2) is 12.2. The van der Waals surface area contributed by atoms with Gasteiger partial charge >= 0.3 is 0 Å². The van der Waals surface area contributed by atoms with Crippen molar-refractivity contribution in [3.8, 4) is 0 Å². The van der Waals surface area contributed by atoms with Gasteiger partial charge in [0.05, 0.1) is 27.9 Å². The number of nitrogens with one attached hydrogen (secondary N) is 1. The van der Waals surface area contributed by atoms with Crippen molar-refractivity contribution < 1.29 is 0 Å². The van der Waals surface area contributed by atoms with Crippen LogP contribution in [0.25, 0.3) is 0 Å². The highest BCUT2D eigenvalue weighted by atomic mass is 127. The third-order valence-corrected chi connectivity index (χ3v) is 7.05. The first-order valence-electron chi connectivity index (χ1n) is 10.1. The molecule has 1 aliphatic rings. The van der Waals surface area contributed by atoms with Crippen LogP contribution in [0.2, 0.25) is 0 Å². The largest absolute Gasteiger partial charge is 0.356 e. The Kier molecular flexibility index (Phi) is 10.3. The van der Waals surface area contributed by atoms with Gasteiger partial charge in [-0.1, -0.05) is 6.92 Å². The monoisotopic (exact) mass is 548 g/mol. The van der Waals surface area contributed by atoms with Crippen molar-refractivity contribution in [3.63, 3.8) is 0 Å². The summed E-state index contributed by atoms with van der Waals surface area (Å²) in [6.07, 6.45) is 3.49. The predicted octanol–water partition coefficient (Wildman–Crippen LogP) is 4.01. The van der Waals surface area contributed by atoms with E-state index in [-0.39, 0.29) is 24.0 Å². The Morgan fingerprint density at radius 1 is 1.24 bits per heavy atom. The normalized spacial score (nSPS) is 15.9. The highest BCUT2D eigenvalue weighted by Gasteiger charge is 2.20. The summed E-state index contributed by atoms with van der Waals surface area (Å²) >= 11 is 3.49. The van der Waals surface area contributed by atoms with Gasteiger partial charge in [0.1, 0.15) is 0 Å². The molecule has 0 spiro atoms. The van der Waals surface area contributed by atoms with Crippen LogP contribution in [0.1, 0.15) is 41.2 Å². The topological polar surface area (TPSA) is 56.7 Å². The standard InChI is InChI=1S/C20H32N6S2.HI/c1-5-19-24-18(14-28-19)12-26-8-6-16(7-9-26)10-22-20(21-3)25(4)11-17-13-27-15(2)23-17;/h13-14,16H,5-12H2,1-4H3,(H,21,22);1H. The molecule has 1 N–H and O–H groups in total. The van der Waals surface area contributed by atoms with E-state index in [0.717, 1.165) is 55.8 Å². The summed E-state index contributed by atoms with van der Waals surface area (Å²) in [7, 11) is 3.93. The maximum atomic E-state index is 4.71. The maximum absolute atomic E-state index is 4.71. The Morgan fingerprint density at radius 2 is 1.97 bits per heavy atom. The number of hydrogen-bond donors (Lipinski definition) is 1. The SMILES string of the molecule is CCc1nc(CN2CCC(CNC(=NC)N(C)Cc3csc(C)n3)CC2)cs1.I. The minimum absolute atomic E-state index is 0. The third-order valence-electron chi connectivity index (χ3n) is 5.18. The number of aliphatic imine (C=N–C) groups is 1. The molecule has 0 amide bonds. The van der Waals surface area contributed by atoms with Crippen LogP contribution in [0.15, 0.2) is 15.8 Å². The molecule has 0 bridgehead atoms. The highest BCUT2D eigenvalue weighted by molar-refractivity contribution is 14.0. The molecule has 0 atom stereocenters. The van der Waals surface area contributed by atoms with E-state index in [2.05, 4.69) is 49.8 Å². The lowest BCUT2D eigenvalue weighted by molar-refractivity contribution is 0.176. The van der Waals surface area contributed by atoms with Gasteiger partial charge in [-0.15, -0.1) is 46.7 Å². The van der Waals surface area contributed by atoms with Crippen molar-refractivity contribution >= 4 is 52.6 Å². The lowest BCUT2D eigenvalue weighted by Crippen LogP contribution is -2.43. The molecule has 3 heterocycles. The lowest BCUT2D eigenvalue weighted by Gasteiger charge is -2.32. The third kappa shape index (κ3) is 7.45. The minimum atomic E-state index is 0. The van der Waals surface area contributed by atoms with Gasteiger partial charge in [0.2, 0.25) is 0 Å². The molecule has 1 saturated heterocycles. The Labute approximate surface area is 199 Å². The van der Waals surface area contributed by atoms with Gasteiger partial charge in [0.25, 0.3) is 0 Å². The van der Waals surface area contributed by atoms with E-state index in [1.807, 2.05) is 14.0 Å². The van der Waals surface area contributed by atoms with Gasteiger partial charge in [-0.2, -0.15) is 0 Å². The number of hydrogen-bond acceptors (Lipinski definition) is 6. The predicted molar refractivity (Wildman–Crippen MR) is 135 cm³/mol. The number of nitrogens with zero attached hydrogens (tertiary/aromatic N) is 5. The maximum Gasteiger partial charge on any atom is 0.193 e. The fraction of sp³-hybridized carbons (Fsp3) is 0.650. The van der Waals surface area contributed by atoms with Gasteiger partial charge in [0.15, 0.2) is 5.96 Å². The quantitative estimate of drug-likeness (QED) is 0.322. The number of likely N-dealkylation sites (tertiary alicyclic amines) is 1. The molecule has 1 aliphatic heterocycles. The van der Waals surface area contributed by atoms with Gasteiger partial charge in [-0.05, 0) is 45.2 Å². The van der Waals surface area contributed by atoms with Gasteiger partial charge < -0.3 is 10.2 Å². The summed E-state index contributed by atoms with van der Waals surface area (Å²) < 4.78 is 0. The zero-order chi connectivity index (χ0) is 19.9. The minimum Gasteiger partial charge on any atom is -0.356 e. The number of thiazole rings is 2. The van der Waals surface area contributed by atoms with Gasteiger partial charge in [-0.25, -0.2) is 9.97 Å². The molecule has 6 nitrogen and oxygen atoms in total. The second-order valence-electron chi connectivity index (χ2n) is 7.45. The summed E-state index contributed by atoms with van der Waals surface area (Å²) in [5, 5.41) is 10.3. The number of guanidine groups is 1. The van der Waals surface area contributed by atoms with Crippen LogP contribution in [0.5, 0.6) is 0 Å². The fourth-order valence-electron chi connectivity index (χ4n) is 3.58. The van der Waals surface area contributed by atoms with Crippen LogP contribution >= 0.6 is 46.7 Å². The Hall–Kier alpha value is -0.780. The van der Waals surface area contributed by atoms with Crippen LogP contribution in [-0.4, -0.2) is 59.5 Å². The second-order valence-corrected chi connectivity index (χ2v) is 9.45.